The zero-order chi connectivity index (χ0) is 20.1. The van der Waals surface area contributed by atoms with Crippen molar-refractivity contribution >= 4 is 23.7 Å². The van der Waals surface area contributed by atoms with Crippen LogP contribution in [-0.4, -0.2) is 35.6 Å². The van der Waals surface area contributed by atoms with Crippen LogP contribution in [-0.2, 0) is 6.42 Å². The number of aldehydes is 1. The van der Waals surface area contributed by atoms with Gasteiger partial charge >= 0.3 is 0 Å². The first kappa shape index (κ1) is 19.4. The number of nitro benzene ring substituents is 1. The van der Waals surface area contributed by atoms with Gasteiger partial charge in [0.1, 0.15) is 6.29 Å². The topological polar surface area (TPSA) is 118 Å². The molecule has 0 radical (unpaired) electrons. The highest BCUT2D eigenvalue weighted by Crippen LogP contribution is 2.35. The highest BCUT2D eigenvalue weighted by atomic mass is 32.2. The number of nitrogens with zero attached hydrogens (tertiary/aromatic N) is 3. The van der Waals surface area contributed by atoms with Gasteiger partial charge in [0.2, 0.25) is 5.89 Å². The normalized spacial score (nSPS) is 10.5. The van der Waals surface area contributed by atoms with E-state index >= 15 is 0 Å². The minimum absolute atomic E-state index is 0.164. The molecule has 0 saturated carbocycles. The smallest absolute Gasteiger partial charge is 0.284 e. The van der Waals surface area contributed by atoms with Gasteiger partial charge in [-0.2, -0.15) is 0 Å². The van der Waals surface area contributed by atoms with Crippen LogP contribution < -0.4 is 9.47 Å². The lowest BCUT2D eigenvalue weighted by atomic mass is 10.1. The standard InChI is InChI=1S/C18H15N3O6S/c1-25-14-5-3-11(8-15(14)26-2)9-17-19-20-18(27-17)28-16-6-4-12(10-22)7-13(16)21(23)24/h3-8,10H,9H2,1-2H3. The van der Waals surface area contributed by atoms with Gasteiger partial charge in [-0.15, -0.1) is 10.2 Å². The van der Waals surface area contributed by atoms with Crippen LogP contribution in [0.15, 0.2) is 50.9 Å². The molecule has 0 unspecified atom stereocenters. The van der Waals surface area contributed by atoms with Crippen LogP contribution in [0.25, 0.3) is 0 Å². The van der Waals surface area contributed by atoms with Crippen molar-refractivity contribution in [2.24, 2.45) is 0 Å². The second kappa shape index (κ2) is 8.53. The zero-order valence-corrected chi connectivity index (χ0v) is 15.8. The zero-order valence-electron chi connectivity index (χ0n) is 14.9. The van der Waals surface area contributed by atoms with Crippen LogP contribution in [0.5, 0.6) is 11.5 Å². The molecule has 2 aromatic carbocycles. The average Bonchev–Trinajstić information content (AvgIpc) is 3.14. The molecular weight excluding hydrogens is 386 g/mol. The minimum Gasteiger partial charge on any atom is -0.493 e. The van der Waals surface area contributed by atoms with Gasteiger partial charge in [0.15, 0.2) is 11.5 Å². The Morgan fingerprint density at radius 3 is 2.61 bits per heavy atom. The first-order valence-electron chi connectivity index (χ1n) is 7.98. The molecule has 3 aromatic rings. The molecule has 0 spiro atoms. The highest BCUT2D eigenvalue weighted by Gasteiger charge is 2.19. The van der Waals surface area contributed by atoms with Crippen molar-refractivity contribution in [2.75, 3.05) is 14.2 Å². The van der Waals surface area contributed by atoms with E-state index < -0.39 is 4.92 Å². The first-order valence-corrected chi connectivity index (χ1v) is 8.80. The quantitative estimate of drug-likeness (QED) is 0.317. The van der Waals surface area contributed by atoms with Crippen LogP contribution in [0.1, 0.15) is 21.8 Å². The molecule has 1 heterocycles. The molecular formula is C18H15N3O6S. The Balaban J connectivity index is 1.78. The third kappa shape index (κ3) is 4.29. The molecule has 0 N–H and O–H groups in total. The summed E-state index contributed by atoms with van der Waals surface area (Å²) < 4.78 is 16.1. The number of carbonyl (C=O) groups is 1. The van der Waals surface area contributed by atoms with E-state index in [9.17, 15) is 14.9 Å². The fourth-order valence-electron chi connectivity index (χ4n) is 2.45. The predicted octanol–water partition coefficient (Wildman–Crippen LogP) is 3.55. The van der Waals surface area contributed by atoms with Crippen LogP contribution >= 0.6 is 11.8 Å². The van der Waals surface area contributed by atoms with E-state index in [2.05, 4.69) is 10.2 Å². The second-order valence-electron chi connectivity index (χ2n) is 5.53. The lowest BCUT2D eigenvalue weighted by Gasteiger charge is -2.08. The fraction of sp³-hybridized carbons (Fsp3) is 0.167. The molecule has 28 heavy (non-hydrogen) atoms. The van der Waals surface area contributed by atoms with Crippen molar-refractivity contribution in [1.29, 1.82) is 0 Å². The van der Waals surface area contributed by atoms with E-state index in [0.717, 1.165) is 17.3 Å². The lowest BCUT2D eigenvalue weighted by molar-refractivity contribution is -0.387. The summed E-state index contributed by atoms with van der Waals surface area (Å²) in [6.45, 7) is 0. The van der Waals surface area contributed by atoms with Gasteiger partial charge in [0.25, 0.3) is 10.9 Å². The van der Waals surface area contributed by atoms with Crippen LogP contribution in [0, 0.1) is 10.1 Å². The number of hydrogen-bond acceptors (Lipinski definition) is 9. The third-order valence-corrected chi connectivity index (χ3v) is 4.67. The van der Waals surface area contributed by atoms with E-state index in [0.29, 0.717) is 35.0 Å². The van der Waals surface area contributed by atoms with E-state index in [4.69, 9.17) is 13.9 Å². The van der Waals surface area contributed by atoms with Gasteiger partial charge in [0.05, 0.1) is 30.5 Å². The van der Waals surface area contributed by atoms with Gasteiger partial charge < -0.3 is 13.9 Å². The molecule has 9 nitrogen and oxygen atoms in total. The van der Waals surface area contributed by atoms with Gasteiger partial charge in [0, 0.05) is 11.6 Å². The molecule has 0 atom stereocenters. The number of hydrogen-bond donors (Lipinski definition) is 0. The van der Waals surface area contributed by atoms with Gasteiger partial charge in [-0.25, -0.2) is 0 Å². The van der Waals surface area contributed by atoms with Crippen molar-refractivity contribution < 1.29 is 23.6 Å². The molecule has 3 rings (SSSR count). The summed E-state index contributed by atoms with van der Waals surface area (Å²) in [4.78, 5) is 21.8. The van der Waals surface area contributed by atoms with E-state index in [1.165, 1.54) is 18.2 Å². The number of aromatic nitrogens is 2. The second-order valence-corrected chi connectivity index (χ2v) is 6.53. The molecule has 0 aliphatic carbocycles. The number of nitro groups is 1. The maximum absolute atomic E-state index is 11.2. The maximum Gasteiger partial charge on any atom is 0.284 e. The van der Waals surface area contributed by atoms with Crippen molar-refractivity contribution in [3.8, 4) is 11.5 Å². The molecule has 0 bridgehead atoms. The van der Waals surface area contributed by atoms with Crippen LogP contribution in [0.3, 0.4) is 0 Å². The average molecular weight is 401 g/mol. The number of carbonyl (C=O) groups excluding carboxylic acids is 1. The number of ether oxygens (including phenoxy) is 2. The summed E-state index contributed by atoms with van der Waals surface area (Å²) in [5.41, 5.74) is 0.893. The lowest BCUT2D eigenvalue weighted by Crippen LogP contribution is -1.94. The minimum atomic E-state index is -0.559. The van der Waals surface area contributed by atoms with Crippen molar-refractivity contribution in [2.45, 2.75) is 16.5 Å². The van der Waals surface area contributed by atoms with Crippen molar-refractivity contribution in [3.05, 3.63) is 63.5 Å². The third-order valence-electron chi connectivity index (χ3n) is 3.76. The fourth-order valence-corrected chi connectivity index (χ4v) is 3.23. The summed E-state index contributed by atoms with van der Waals surface area (Å²) in [5, 5.41) is 19.3. The van der Waals surface area contributed by atoms with Gasteiger partial charge in [-0.05, 0) is 35.5 Å². The summed E-state index contributed by atoms with van der Waals surface area (Å²) in [5.74, 6) is 1.54. The Labute approximate surface area is 163 Å². The van der Waals surface area contributed by atoms with E-state index in [-0.39, 0.29) is 16.5 Å². The van der Waals surface area contributed by atoms with Gasteiger partial charge in [-0.1, -0.05) is 12.1 Å². The van der Waals surface area contributed by atoms with Crippen molar-refractivity contribution in [1.82, 2.24) is 10.2 Å². The molecule has 0 aliphatic heterocycles. The summed E-state index contributed by atoms with van der Waals surface area (Å²) in [7, 11) is 3.10. The SMILES string of the molecule is COc1ccc(Cc2nnc(Sc3ccc(C=O)cc3[N+](=O)[O-])o2)cc1OC. The molecule has 0 aliphatic rings. The first-order chi connectivity index (χ1) is 13.5. The van der Waals surface area contributed by atoms with Gasteiger partial charge in [-0.3, -0.25) is 14.9 Å². The Hall–Kier alpha value is -3.40. The highest BCUT2D eigenvalue weighted by molar-refractivity contribution is 7.99. The monoisotopic (exact) mass is 401 g/mol. The number of rotatable bonds is 8. The molecule has 144 valence electrons. The van der Waals surface area contributed by atoms with E-state index in [1.807, 2.05) is 6.07 Å². The predicted molar refractivity (Wildman–Crippen MR) is 99.3 cm³/mol. The Morgan fingerprint density at radius 2 is 1.93 bits per heavy atom. The summed E-state index contributed by atoms with van der Waals surface area (Å²) in [6.07, 6.45) is 0.912. The van der Waals surface area contributed by atoms with Crippen LogP contribution in [0.2, 0.25) is 0 Å². The van der Waals surface area contributed by atoms with Crippen LogP contribution in [0.4, 0.5) is 5.69 Å². The number of methoxy groups -OCH3 is 2. The molecule has 0 saturated heterocycles. The number of benzene rings is 2. The van der Waals surface area contributed by atoms with E-state index in [1.54, 1.807) is 26.4 Å². The maximum atomic E-state index is 11.2. The molecule has 0 fully saturated rings. The Bertz CT molecular complexity index is 1020. The molecule has 1 aromatic heterocycles. The van der Waals surface area contributed by atoms with Crippen molar-refractivity contribution in [3.63, 3.8) is 0 Å². The summed E-state index contributed by atoms with van der Waals surface area (Å²) >= 11 is 0.964. The molecule has 0 amide bonds. The Morgan fingerprint density at radius 1 is 1.14 bits per heavy atom. The molecule has 10 heteroatoms. The summed E-state index contributed by atoms with van der Waals surface area (Å²) in [6, 6.07) is 9.60. The Kier molecular flexibility index (Phi) is 5.90. The largest absolute Gasteiger partial charge is 0.493 e.